The van der Waals surface area contributed by atoms with E-state index < -0.39 is 10.0 Å². The first-order valence-corrected chi connectivity index (χ1v) is 12.2. The molecule has 0 radical (unpaired) electrons. The number of rotatable bonds is 8. The van der Waals surface area contributed by atoms with Crippen molar-refractivity contribution in [3.8, 4) is 5.75 Å². The Hall–Kier alpha value is -2.39. The minimum atomic E-state index is -3.68. The zero-order chi connectivity index (χ0) is 23.1. The number of carbonyl (C=O) groups excluding carboxylic acids is 1. The van der Waals surface area contributed by atoms with Gasteiger partial charge in [-0.25, -0.2) is 13.1 Å². The highest BCUT2D eigenvalue weighted by atomic mass is 35.5. The molecule has 9 heteroatoms. The second kappa shape index (κ2) is 11.0. The third-order valence-corrected chi connectivity index (χ3v) is 7.11. The van der Waals surface area contributed by atoms with Crippen LogP contribution < -0.4 is 14.8 Å². The Bertz CT molecular complexity index is 1060. The lowest BCUT2D eigenvalue weighted by Gasteiger charge is -2.32. The molecule has 32 heavy (non-hydrogen) atoms. The van der Waals surface area contributed by atoms with Crippen LogP contribution in [0, 0.1) is 0 Å². The van der Waals surface area contributed by atoms with Crippen LogP contribution in [-0.2, 0) is 21.4 Å². The lowest BCUT2D eigenvalue weighted by atomic mass is 10.0. The van der Waals surface area contributed by atoms with Crippen LogP contribution in [0.1, 0.15) is 24.0 Å². The first-order valence-electron chi connectivity index (χ1n) is 10.4. The van der Waals surface area contributed by atoms with Crippen molar-refractivity contribution in [1.82, 2.24) is 14.9 Å². The maximum Gasteiger partial charge on any atom is 0.244 e. The van der Waals surface area contributed by atoms with E-state index in [0.717, 1.165) is 37.5 Å². The SMILES string of the molecule is CNS(=O)(=O)c1cc(/C=C/C(=O)NC2CCN(Cc3ccc(Cl)cc3)CC2)ccc1OC. The molecule has 3 rings (SSSR count). The van der Waals surface area contributed by atoms with Gasteiger partial charge in [-0.1, -0.05) is 29.8 Å². The van der Waals surface area contributed by atoms with E-state index in [1.807, 2.05) is 24.3 Å². The molecule has 7 nitrogen and oxygen atoms in total. The minimum Gasteiger partial charge on any atom is -0.495 e. The summed E-state index contributed by atoms with van der Waals surface area (Å²) in [6.45, 7) is 2.68. The average Bonchev–Trinajstić information content (AvgIpc) is 2.80. The summed E-state index contributed by atoms with van der Waals surface area (Å²) in [6, 6.07) is 12.7. The quantitative estimate of drug-likeness (QED) is 0.570. The number of hydrogen-bond acceptors (Lipinski definition) is 5. The van der Waals surface area contributed by atoms with E-state index in [1.165, 1.54) is 31.9 Å². The molecule has 0 aliphatic carbocycles. The van der Waals surface area contributed by atoms with E-state index >= 15 is 0 Å². The Morgan fingerprint density at radius 1 is 1.19 bits per heavy atom. The third kappa shape index (κ3) is 6.56. The molecule has 1 aliphatic rings. The Labute approximate surface area is 194 Å². The van der Waals surface area contributed by atoms with Gasteiger partial charge in [-0.2, -0.15) is 0 Å². The molecule has 0 spiro atoms. The van der Waals surface area contributed by atoms with Crippen LogP contribution in [0.15, 0.2) is 53.4 Å². The molecular weight excluding hydrogens is 450 g/mol. The summed E-state index contributed by atoms with van der Waals surface area (Å²) in [4.78, 5) is 14.8. The molecule has 2 aromatic carbocycles. The Kier molecular flexibility index (Phi) is 8.31. The topological polar surface area (TPSA) is 87.7 Å². The van der Waals surface area contributed by atoms with Gasteiger partial charge < -0.3 is 10.1 Å². The van der Waals surface area contributed by atoms with Crippen molar-refractivity contribution >= 4 is 33.6 Å². The van der Waals surface area contributed by atoms with Crippen molar-refractivity contribution in [2.45, 2.75) is 30.3 Å². The van der Waals surface area contributed by atoms with Crippen molar-refractivity contribution in [3.63, 3.8) is 0 Å². The molecule has 1 amide bonds. The van der Waals surface area contributed by atoms with Gasteiger partial charge in [0.05, 0.1) is 7.11 Å². The number of methoxy groups -OCH3 is 1. The van der Waals surface area contributed by atoms with Crippen LogP contribution in [0.3, 0.4) is 0 Å². The third-order valence-electron chi connectivity index (χ3n) is 5.43. The fourth-order valence-corrected chi connectivity index (χ4v) is 4.67. The van der Waals surface area contributed by atoms with Crippen LogP contribution in [0.4, 0.5) is 0 Å². The summed E-state index contributed by atoms with van der Waals surface area (Å²) in [5.74, 6) is 0.0429. The summed E-state index contributed by atoms with van der Waals surface area (Å²) >= 11 is 5.94. The van der Waals surface area contributed by atoms with Crippen LogP contribution in [0.5, 0.6) is 5.75 Å². The number of sulfonamides is 1. The second-order valence-corrected chi connectivity index (χ2v) is 9.93. The number of halogens is 1. The fourth-order valence-electron chi connectivity index (χ4n) is 3.62. The van der Waals surface area contributed by atoms with Crippen molar-refractivity contribution in [2.24, 2.45) is 0 Å². The number of nitrogens with zero attached hydrogens (tertiary/aromatic N) is 1. The van der Waals surface area contributed by atoms with Crippen molar-refractivity contribution in [3.05, 3.63) is 64.7 Å². The molecule has 2 N–H and O–H groups in total. The molecule has 172 valence electrons. The molecule has 0 atom stereocenters. The predicted octanol–water partition coefficient (Wildman–Crippen LogP) is 3.05. The molecular formula is C23H28ClN3O4S. The molecule has 1 saturated heterocycles. The first-order chi connectivity index (χ1) is 15.3. The van der Waals surface area contributed by atoms with E-state index in [4.69, 9.17) is 16.3 Å². The summed E-state index contributed by atoms with van der Waals surface area (Å²) in [7, 11) is -0.926. The largest absolute Gasteiger partial charge is 0.495 e. The van der Waals surface area contributed by atoms with E-state index in [1.54, 1.807) is 18.2 Å². The Morgan fingerprint density at radius 2 is 1.88 bits per heavy atom. The van der Waals surface area contributed by atoms with Crippen LogP contribution >= 0.6 is 11.6 Å². The highest BCUT2D eigenvalue weighted by molar-refractivity contribution is 7.89. The zero-order valence-corrected chi connectivity index (χ0v) is 19.7. The molecule has 0 saturated carbocycles. The number of benzene rings is 2. The highest BCUT2D eigenvalue weighted by Gasteiger charge is 2.20. The van der Waals surface area contributed by atoms with Gasteiger partial charge in [-0.05, 0) is 61.4 Å². The van der Waals surface area contributed by atoms with Gasteiger partial charge >= 0.3 is 0 Å². The van der Waals surface area contributed by atoms with Gasteiger partial charge in [0.25, 0.3) is 0 Å². The summed E-state index contributed by atoms with van der Waals surface area (Å²) in [6.07, 6.45) is 4.78. The monoisotopic (exact) mass is 477 g/mol. The van der Waals surface area contributed by atoms with Crippen molar-refractivity contribution in [1.29, 1.82) is 0 Å². The zero-order valence-electron chi connectivity index (χ0n) is 18.2. The molecule has 0 bridgehead atoms. The fraction of sp³-hybridized carbons (Fsp3) is 0.348. The van der Waals surface area contributed by atoms with E-state index in [2.05, 4.69) is 14.9 Å². The molecule has 1 heterocycles. The number of hydrogen-bond donors (Lipinski definition) is 2. The number of piperidine rings is 1. The van der Waals surface area contributed by atoms with Crippen LogP contribution in [-0.4, -0.2) is 52.5 Å². The van der Waals surface area contributed by atoms with Gasteiger partial charge in [0.15, 0.2) is 0 Å². The van der Waals surface area contributed by atoms with Crippen LogP contribution in [0.25, 0.3) is 6.08 Å². The van der Waals surface area contributed by atoms with Gasteiger partial charge in [0.2, 0.25) is 15.9 Å². The maximum atomic E-state index is 12.4. The first kappa shape index (κ1) is 24.3. The maximum absolute atomic E-state index is 12.4. The van der Waals surface area contributed by atoms with E-state index in [0.29, 0.717) is 5.56 Å². The van der Waals surface area contributed by atoms with Crippen molar-refractivity contribution < 1.29 is 17.9 Å². The van der Waals surface area contributed by atoms with Crippen molar-refractivity contribution in [2.75, 3.05) is 27.2 Å². The van der Waals surface area contributed by atoms with Gasteiger partial charge in [-0.3, -0.25) is 9.69 Å². The van der Waals surface area contributed by atoms with Crippen LogP contribution in [0.2, 0.25) is 5.02 Å². The van der Waals surface area contributed by atoms with E-state index in [9.17, 15) is 13.2 Å². The summed E-state index contributed by atoms with van der Waals surface area (Å²) in [5.41, 5.74) is 1.81. The average molecular weight is 478 g/mol. The molecule has 1 aliphatic heterocycles. The molecule has 0 unspecified atom stereocenters. The molecule has 1 fully saturated rings. The Balaban J connectivity index is 1.53. The minimum absolute atomic E-state index is 0.0260. The number of ether oxygens (including phenoxy) is 1. The number of nitrogens with one attached hydrogen (secondary N) is 2. The predicted molar refractivity (Wildman–Crippen MR) is 126 cm³/mol. The summed E-state index contributed by atoms with van der Waals surface area (Å²) in [5, 5.41) is 3.77. The van der Waals surface area contributed by atoms with Gasteiger partial charge in [-0.15, -0.1) is 0 Å². The van der Waals surface area contributed by atoms with Gasteiger partial charge in [0.1, 0.15) is 10.6 Å². The highest BCUT2D eigenvalue weighted by Crippen LogP contribution is 2.25. The van der Waals surface area contributed by atoms with Gasteiger partial charge in [0, 0.05) is 36.8 Å². The normalized spacial score (nSPS) is 15.7. The number of amides is 1. The molecule has 2 aromatic rings. The second-order valence-electron chi connectivity index (χ2n) is 7.64. The number of likely N-dealkylation sites (tertiary alicyclic amines) is 1. The lowest BCUT2D eigenvalue weighted by Crippen LogP contribution is -2.43. The smallest absolute Gasteiger partial charge is 0.244 e. The standard InChI is InChI=1S/C23H28ClN3O4S/c1-25-32(29,30)22-15-17(5-9-21(22)31-2)6-10-23(28)26-20-11-13-27(14-12-20)16-18-3-7-19(24)8-4-18/h3-10,15,20,25H,11-14,16H2,1-2H3,(H,26,28)/b10-6+. The summed E-state index contributed by atoms with van der Waals surface area (Å²) < 4.78 is 31.8. The Morgan fingerprint density at radius 3 is 2.50 bits per heavy atom. The van der Waals surface area contributed by atoms with E-state index in [-0.39, 0.29) is 22.6 Å². The number of carbonyl (C=O) groups is 1. The molecule has 0 aromatic heterocycles. The lowest BCUT2D eigenvalue weighted by molar-refractivity contribution is -0.117.